The van der Waals surface area contributed by atoms with Crippen molar-refractivity contribution in [3.63, 3.8) is 0 Å². The molecule has 2 N–H and O–H groups in total. The van der Waals surface area contributed by atoms with E-state index in [1.807, 2.05) is 26.0 Å². The summed E-state index contributed by atoms with van der Waals surface area (Å²) in [5.41, 5.74) is 7.99. The Hall–Kier alpha value is -1.52. The van der Waals surface area contributed by atoms with Gasteiger partial charge in [0.1, 0.15) is 17.3 Å². The highest BCUT2D eigenvalue weighted by Gasteiger charge is 2.10. The molecule has 0 aliphatic carbocycles. The molecule has 2 aromatic rings. The van der Waals surface area contributed by atoms with Crippen molar-refractivity contribution in [2.24, 2.45) is 5.73 Å². The Kier molecular flexibility index (Phi) is 3.89. The van der Waals surface area contributed by atoms with Crippen LogP contribution in [0.2, 0.25) is 0 Å². The fourth-order valence-electron chi connectivity index (χ4n) is 2.06. The van der Waals surface area contributed by atoms with Gasteiger partial charge in [0.2, 0.25) is 0 Å². The molecule has 0 aromatic carbocycles. The van der Waals surface area contributed by atoms with Crippen LogP contribution in [0.15, 0.2) is 27.2 Å². The van der Waals surface area contributed by atoms with Crippen molar-refractivity contribution < 1.29 is 8.83 Å². The zero-order chi connectivity index (χ0) is 13.1. The lowest BCUT2D eigenvalue weighted by molar-refractivity contribution is 0.313. The van der Waals surface area contributed by atoms with Crippen molar-refractivity contribution in [1.82, 2.24) is 4.90 Å². The topological polar surface area (TPSA) is 55.5 Å². The Balaban J connectivity index is 2.00. The minimum absolute atomic E-state index is 0.450. The van der Waals surface area contributed by atoms with Gasteiger partial charge in [-0.1, -0.05) is 0 Å². The Morgan fingerprint density at radius 2 is 1.89 bits per heavy atom. The maximum Gasteiger partial charge on any atom is 0.118 e. The maximum atomic E-state index is 5.57. The SMILES string of the molecule is Cc1occc1CN(C)Cc1cc(CN)oc1C. The summed E-state index contributed by atoms with van der Waals surface area (Å²) < 4.78 is 10.9. The standard InChI is InChI=1S/C14H20N2O2/c1-10-12(4-5-17-10)8-16(3)9-13-6-14(7-15)18-11(13)2/h4-6H,7-9,15H2,1-3H3. The van der Waals surface area contributed by atoms with E-state index >= 15 is 0 Å². The van der Waals surface area contributed by atoms with Crippen molar-refractivity contribution >= 4 is 0 Å². The highest BCUT2D eigenvalue weighted by atomic mass is 16.3. The van der Waals surface area contributed by atoms with Crippen molar-refractivity contribution in [3.8, 4) is 0 Å². The molecule has 0 atom stereocenters. The van der Waals surface area contributed by atoms with E-state index in [1.54, 1.807) is 6.26 Å². The van der Waals surface area contributed by atoms with Crippen molar-refractivity contribution in [2.75, 3.05) is 7.05 Å². The largest absolute Gasteiger partial charge is 0.469 e. The van der Waals surface area contributed by atoms with E-state index in [2.05, 4.69) is 11.9 Å². The summed E-state index contributed by atoms with van der Waals surface area (Å²) in [6.07, 6.45) is 1.73. The Morgan fingerprint density at radius 3 is 2.44 bits per heavy atom. The van der Waals surface area contributed by atoms with Gasteiger partial charge < -0.3 is 14.6 Å². The van der Waals surface area contributed by atoms with Gasteiger partial charge in [-0.2, -0.15) is 0 Å². The van der Waals surface area contributed by atoms with E-state index in [-0.39, 0.29) is 0 Å². The molecular formula is C14H20N2O2. The molecule has 0 fully saturated rings. The number of hydrogen-bond acceptors (Lipinski definition) is 4. The first-order valence-corrected chi connectivity index (χ1v) is 6.10. The Bertz CT molecular complexity index is 514. The van der Waals surface area contributed by atoms with E-state index in [9.17, 15) is 0 Å². The van der Waals surface area contributed by atoms with Gasteiger partial charge in [0.25, 0.3) is 0 Å². The van der Waals surface area contributed by atoms with E-state index < -0.39 is 0 Å². The molecule has 18 heavy (non-hydrogen) atoms. The predicted octanol–water partition coefficient (Wildman–Crippen LogP) is 2.58. The van der Waals surface area contributed by atoms with Crippen LogP contribution in [0.5, 0.6) is 0 Å². The van der Waals surface area contributed by atoms with Gasteiger partial charge >= 0.3 is 0 Å². The third-order valence-corrected chi connectivity index (χ3v) is 3.12. The van der Waals surface area contributed by atoms with Gasteiger partial charge in [-0.25, -0.2) is 0 Å². The van der Waals surface area contributed by atoms with Crippen LogP contribution < -0.4 is 5.73 Å². The monoisotopic (exact) mass is 248 g/mol. The zero-order valence-corrected chi connectivity index (χ0v) is 11.2. The third-order valence-electron chi connectivity index (χ3n) is 3.12. The molecule has 2 rings (SSSR count). The van der Waals surface area contributed by atoms with Crippen LogP contribution in [-0.2, 0) is 19.6 Å². The van der Waals surface area contributed by atoms with Gasteiger partial charge in [0.05, 0.1) is 12.8 Å². The van der Waals surface area contributed by atoms with Crippen molar-refractivity contribution in [2.45, 2.75) is 33.5 Å². The maximum absolute atomic E-state index is 5.57. The molecule has 0 saturated carbocycles. The van der Waals surface area contributed by atoms with Gasteiger partial charge in [-0.15, -0.1) is 0 Å². The Labute approximate surface area is 107 Å². The predicted molar refractivity (Wildman–Crippen MR) is 70.0 cm³/mol. The lowest BCUT2D eigenvalue weighted by Crippen LogP contribution is -2.17. The molecule has 4 heteroatoms. The smallest absolute Gasteiger partial charge is 0.118 e. The van der Waals surface area contributed by atoms with Crippen LogP contribution in [0.1, 0.15) is 28.4 Å². The lowest BCUT2D eigenvalue weighted by atomic mass is 10.2. The number of nitrogens with two attached hydrogens (primary N) is 1. The summed E-state index contributed by atoms with van der Waals surface area (Å²) in [6, 6.07) is 4.05. The summed E-state index contributed by atoms with van der Waals surface area (Å²) in [5.74, 6) is 2.77. The van der Waals surface area contributed by atoms with Crippen LogP contribution in [0.4, 0.5) is 0 Å². The summed E-state index contributed by atoms with van der Waals surface area (Å²) in [4.78, 5) is 2.23. The number of hydrogen-bond donors (Lipinski definition) is 1. The Morgan fingerprint density at radius 1 is 1.17 bits per heavy atom. The van der Waals surface area contributed by atoms with Crippen LogP contribution >= 0.6 is 0 Å². The molecule has 0 aliphatic heterocycles. The average molecular weight is 248 g/mol. The first kappa shape index (κ1) is 12.9. The van der Waals surface area contributed by atoms with Crippen molar-refractivity contribution in [1.29, 1.82) is 0 Å². The van der Waals surface area contributed by atoms with Crippen LogP contribution in [-0.4, -0.2) is 11.9 Å². The summed E-state index contributed by atoms with van der Waals surface area (Å²) in [6.45, 7) is 6.13. The highest BCUT2D eigenvalue weighted by molar-refractivity contribution is 5.21. The second-order valence-corrected chi connectivity index (χ2v) is 4.67. The molecule has 0 amide bonds. The highest BCUT2D eigenvalue weighted by Crippen LogP contribution is 2.18. The first-order chi connectivity index (χ1) is 8.60. The van der Waals surface area contributed by atoms with Gasteiger partial charge in [0.15, 0.2) is 0 Å². The van der Waals surface area contributed by atoms with E-state index in [0.717, 1.165) is 30.4 Å². The molecule has 0 aliphatic rings. The molecular weight excluding hydrogens is 228 g/mol. The number of furan rings is 2. The van der Waals surface area contributed by atoms with E-state index in [4.69, 9.17) is 14.6 Å². The fraction of sp³-hybridized carbons (Fsp3) is 0.429. The molecule has 2 aromatic heterocycles. The van der Waals surface area contributed by atoms with Crippen LogP contribution in [0, 0.1) is 13.8 Å². The molecule has 98 valence electrons. The van der Waals surface area contributed by atoms with Gasteiger partial charge in [0, 0.05) is 24.2 Å². The molecule has 0 radical (unpaired) electrons. The van der Waals surface area contributed by atoms with E-state index in [0.29, 0.717) is 6.54 Å². The number of nitrogens with zero attached hydrogens (tertiary/aromatic N) is 1. The summed E-state index contributed by atoms with van der Waals surface area (Å²) in [7, 11) is 2.08. The van der Waals surface area contributed by atoms with Gasteiger partial charge in [-0.05, 0) is 33.0 Å². The average Bonchev–Trinajstić information content (AvgIpc) is 2.87. The van der Waals surface area contributed by atoms with Crippen LogP contribution in [0.3, 0.4) is 0 Å². The normalized spacial score (nSPS) is 11.4. The molecule has 0 saturated heterocycles. The van der Waals surface area contributed by atoms with Crippen LogP contribution in [0.25, 0.3) is 0 Å². The molecule has 0 bridgehead atoms. The number of aryl methyl sites for hydroxylation is 2. The first-order valence-electron chi connectivity index (χ1n) is 6.10. The molecule has 2 heterocycles. The third kappa shape index (κ3) is 2.83. The fourth-order valence-corrected chi connectivity index (χ4v) is 2.06. The minimum atomic E-state index is 0.450. The quantitative estimate of drug-likeness (QED) is 0.883. The molecule has 4 nitrogen and oxygen atoms in total. The van der Waals surface area contributed by atoms with Crippen molar-refractivity contribution in [3.05, 3.63) is 46.8 Å². The molecule has 0 spiro atoms. The minimum Gasteiger partial charge on any atom is -0.469 e. The zero-order valence-electron chi connectivity index (χ0n) is 11.2. The second kappa shape index (κ2) is 5.42. The number of rotatable bonds is 5. The lowest BCUT2D eigenvalue weighted by Gasteiger charge is -2.15. The molecule has 0 unspecified atom stereocenters. The summed E-state index contributed by atoms with van der Waals surface area (Å²) in [5, 5.41) is 0. The van der Waals surface area contributed by atoms with Gasteiger partial charge in [-0.3, -0.25) is 4.90 Å². The second-order valence-electron chi connectivity index (χ2n) is 4.67. The van der Waals surface area contributed by atoms with E-state index in [1.165, 1.54) is 11.1 Å². The summed E-state index contributed by atoms with van der Waals surface area (Å²) >= 11 is 0.